The lowest BCUT2D eigenvalue weighted by atomic mass is 9.78. The molecule has 1 aliphatic carbocycles. The van der Waals surface area contributed by atoms with Crippen LogP contribution in [0.3, 0.4) is 0 Å². The molecule has 3 aromatic rings. The highest BCUT2D eigenvalue weighted by molar-refractivity contribution is 5.74. The van der Waals surface area contributed by atoms with Crippen LogP contribution in [0.4, 0.5) is 17.8 Å². The van der Waals surface area contributed by atoms with Gasteiger partial charge in [-0.25, -0.2) is 4.98 Å². The van der Waals surface area contributed by atoms with Gasteiger partial charge in [0.25, 0.3) is 6.01 Å². The maximum Gasteiger partial charge on any atom is 0.295 e. The highest BCUT2D eigenvalue weighted by Gasteiger charge is 2.32. The van der Waals surface area contributed by atoms with Crippen LogP contribution in [-0.4, -0.2) is 28.0 Å². The van der Waals surface area contributed by atoms with E-state index in [4.69, 9.17) is 10.2 Å². The first-order valence-corrected chi connectivity index (χ1v) is 7.65. The minimum Gasteiger partial charge on any atom is -0.424 e. The number of oxazole rings is 1. The average Bonchev–Trinajstić information content (AvgIpc) is 2.92. The number of hydrogen-bond donors (Lipinski definition) is 3. The first-order chi connectivity index (χ1) is 11.2. The first kappa shape index (κ1) is 13.8. The Kier molecular flexibility index (Phi) is 3.25. The summed E-state index contributed by atoms with van der Waals surface area (Å²) in [5.41, 5.74) is 8.40. The van der Waals surface area contributed by atoms with E-state index in [9.17, 15) is 0 Å². The van der Waals surface area contributed by atoms with Crippen LogP contribution in [0.2, 0.25) is 0 Å². The molecule has 0 bridgehead atoms. The quantitative estimate of drug-likeness (QED) is 0.680. The molecule has 2 aromatic heterocycles. The number of nitrogens with zero attached hydrogens (tertiary/aromatic N) is 3. The van der Waals surface area contributed by atoms with Crippen LogP contribution < -0.4 is 16.4 Å². The Morgan fingerprint density at radius 2 is 2.00 bits per heavy atom. The van der Waals surface area contributed by atoms with Crippen molar-refractivity contribution in [2.24, 2.45) is 0 Å². The Hall–Kier alpha value is -2.83. The molecular formula is C16H18N6O. The second kappa shape index (κ2) is 5.42. The number of benzene rings is 1. The van der Waals surface area contributed by atoms with E-state index in [1.54, 1.807) is 0 Å². The number of nitrogens with two attached hydrogens (primary N) is 1. The molecule has 1 saturated carbocycles. The van der Waals surface area contributed by atoms with Crippen LogP contribution in [0.15, 0.2) is 34.7 Å². The van der Waals surface area contributed by atoms with Gasteiger partial charge in [0.1, 0.15) is 11.3 Å². The zero-order chi connectivity index (χ0) is 15.8. The van der Waals surface area contributed by atoms with Crippen LogP contribution in [0.25, 0.3) is 11.1 Å². The Bertz CT molecular complexity index is 806. The van der Waals surface area contributed by atoms with Crippen molar-refractivity contribution in [3.05, 3.63) is 36.0 Å². The highest BCUT2D eigenvalue weighted by atomic mass is 16.4. The maximum absolute atomic E-state index is 5.75. The molecule has 7 nitrogen and oxygen atoms in total. The van der Waals surface area contributed by atoms with E-state index in [0.717, 1.165) is 35.5 Å². The average molecular weight is 310 g/mol. The Morgan fingerprint density at radius 1 is 1.17 bits per heavy atom. The molecule has 1 aromatic carbocycles. The largest absolute Gasteiger partial charge is 0.424 e. The molecule has 0 spiro atoms. The monoisotopic (exact) mass is 310 g/mol. The van der Waals surface area contributed by atoms with Gasteiger partial charge in [0.05, 0.1) is 5.69 Å². The van der Waals surface area contributed by atoms with Gasteiger partial charge in [-0.3, -0.25) is 0 Å². The smallest absolute Gasteiger partial charge is 0.295 e. The highest BCUT2D eigenvalue weighted by Crippen LogP contribution is 2.38. The number of fused-ring (bicyclic) bond motifs is 1. The minimum absolute atomic E-state index is 0.308. The number of anilines is 3. The molecule has 1 fully saturated rings. The third kappa shape index (κ3) is 2.65. The van der Waals surface area contributed by atoms with E-state index in [2.05, 4.69) is 25.6 Å². The molecule has 0 atom stereocenters. The first-order valence-electron chi connectivity index (χ1n) is 7.65. The zero-order valence-electron chi connectivity index (χ0n) is 12.8. The van der Waals surface area contributed by atoms with E-state index < -0.39 is 0 Å². The van der Waals surface area contributed by atoms with E-state index in [-0.39, 0.29) is 0 Å². The fourth-order valence-electron chi connectivity index (χ4n) is 2.91. The lowest BCUT2D eigenvalue weighted by molar-refractivity contribution is 0.360. The third-order valence-corrected chi connectivity index (χ3v) is 4.20. The summed E-state index contributed by atoms with van der Waals surface area (Å²) in [6.45, 7) is 0. The zero-order valence-corrected chi connectivity index (χ0v) is 12.8. The molecule has 23 heavy (non-hydrogen) atoms. The van der Waals surface area contributed by atoms with Crippen molar-refractivity contribution in [3.8, 4) is 0 Å². The van der Waals surface area contributed by atoms with Crippen molar-refractivity contribution >= 4 is 28.9 Å². The van der Waals surface area contributed by atoms with Gasteiger partial charge in [-0.15, -0.1) is 0 Å². The summed E-state index contributed by atoms with van der Waals surface area (Å²) >= 11 is 0. The number of hydrogen-bond acceptors (Lipinski definition) is 7. The molecule has 0 aliphatic heterocycles. The van der Waals surface area contributed by atoms with Gasteiger partial charge in [-0.2, -0.15) is 9.97 Å². The van der Waals surface area contributed by atoms with Crippen molar-refractivity contribution in [3.63, 3.8) is 0 Å². The summed E-state index contributed by atoms with van der Waals surface area (Å²) in [5, 5.41) is 6.35. The number of aromatic nitrogens is 3. The molecular weight excluding hydrogens is 292 g/mol. The summed E-state index contributed by atoms with van der Waals surface area (Å²) in [7, 11) is 1.82. The van der Waals surface area contributed by atoms with E-state index in [1.165, 1.54) is 0 Å². The summed E-state index contributed by atoms with van der Waals surface area (Å²) in [6.07, 6.45) is 1.94. The Morgan fingerprint density at radius 3 is 2.78 bits per heavy atom. The fourth-order valence-corrected chi connectivity index (χ4v) is 2.91. The molecule has 2 heterocycles. The lowest BCUT2D eigenvalue weighted by Gasteiger charge is -2.35. The van der Waals surface area contributed by atoms with Crippen LogP contribution in [-0.2, 0) is 0 Å². The maximum atomic E-state index is 5.75. The van der Waals surface area contributed by atoms with Gasteiger partial charge in [0.2, 0.25) is 5.95 Å². The van der Waals surface area contributed by atoms with Gasteiger partial charge in [0, 0.05) is 25.1 Å². The number of rotatable bonds is 4. The van der Waals surface area contributed by atoms with Gasteiger partial charge in [-0.05, 0) is 25.0 Å². The SMILES string of the molecule is CNc1cc(C2CC(Nc3nc4ccccc4o3)C2)nc(N)n1. The summed E-state index contributed by atoms with van der Waals surface area (Å²) in [5.74, 6) is 1.44. The normalized spacial score (nSPS) is 20.2. The van der Waals surface area contributed by atoms with E-state index >= 15 is 0 Å². The molecule has 7 heteroatoms. The lowest BCUT2D eigenvalue weighted by Crippen LogP contribution is -2.34. The van der Waals surface area contributed by atoms with Crippen molar-refractivity contribution in [1.82, 2.24) is 15.0 Å². The van der Waals surface area contributed by atoms with E-state index in [1.807, 2.05) is 37.4 Å². The van der Waals surface area contributed by atoms with Crippen LogP contribution in [0.1, 0.15) is 24.5 Å². The molecule has 1 aliphatic rings. The molecule has 0 saturated heterocycles. The van der Waals surface area contributed by atoms with Gasteiger partial charge in [0.15, 0.2) is 5.58 Å². The third-order valence-electron chi connectivity index (χ3n) is 4.20. The van der Waals surface area contributed by atoms with Crippen LogP contribution >= 0.6 is 0 Å². The van der Waals surface area contributed by atoms with Crippen LogP contribution in [0, 0.1) is 0 Å². The van der Waals surface area contributed by atoms with Gasteiger partial charge < -0.3 is 20.8 Å². The van der Waals surface area contributed by atoms with E-state index in [0.29, 0.717) is 23.9 Å². The molecule has 118 valence electrons. The Labute approximate surface area is 133 Å². The number of para-hydroxylation sites is 2. The summed E-state index contributed by atoms with van der Waals surface area (Å²) < 4.78 is 5.69. The fraction of sp³-hybridized carbons (Fsp3) is 0.312. The second-order valence-electron chi connectivity index (χ2n) is 5.78. The van der Waals surface area contributed by atoms with Crippen molar-refractivity contribution in [2.45, 2.75) is 24.8 Å². The van der Waals surface area contributed by atoms with Crippen molar-refractivity contribution in [1.29, 1.82) is 0 Å². The predicted octanol–water partition coefficient (Wildman–Crippen LogP) is 2.60. The Balaban J connectivity index is 1.42. The standard InChI is InChI=1S/C16H18N6O/c1-18-14-8-12(20-15(17)22-14)9-6-10(7-9)19-16-21-11-4-2-3-5-13(11)23-16/h2-5,8-10H,6-7H2,1H3,(H,19,21)(H3,17,18,20,22). The number of nitrogens with one attached hydrogen (secondary N) is 2. The van der Waals surface area contributed by atoms with Crippen LogP contribution in [0.5, 0.6) is 0 Å². The van der Waals surface area contributed by atoms with Crippen molar-refractivity contribution < 1.29 is 4.42 Å². The second-order valence-corrected chi connectivity index (χ2v) is 5.78. The molecule has 4 rings (SSSR count). The molecule has 4 N–H and O–H groups in total. The summed E-state index contributed by atoms with van der Waals surface area (Å²) in [6, 6.07) is 10.6. The summed E-state index contributed by atoms with van der Waals surface area (Å²) in [4.78, 5) is 12.9. The number of nitrogen functional groups attached to an aromatic ring is 1. The van der Waals surface area contributed by atoms with Gasteiger partial charge in [-0.1, -0.05) is 12.1 Å². The molecule has 0 radical (unpaired) electrons. The van der Waals surface area contributed by atoms with Gasteiger partial charge >= 0.3 is 0 Å². The molecule has 0 amide bonds. The van der Waals surface area contributed by atoms with Crippen molar-refractivity contribution in [2.75, 3.05) is 23.4 Å². The topological polar surface area (TPSA) is 102 Å². The minimum atomic E-state index is 0.308. The predicted molar refractivity (Wildman–Crippen MR) is 89.4 cm³/mol. The molecule has 0 unspecified atom stereocenters.